The molecule has 2 aromatic rings. The highest BCUT2D eigenvalue weighted by Gasteiger charge is 2.38. The number of benzene rings is 1. The van der Waals surface area contributed by atoms with E-state index in [9.17, 15) is 19.2 Å². The fraction of sp³-hybridized carbons (Fsp3) is 0.333. The summed E-state index contributed by atoms with van der Waals surface area (Å²) in [4.78, 5) is 50.3. The smallest absolute Gasteiger partial charge is 0.349 e. The Labute approximate surface area is 167 Å². The van der Waals surface area contributed by atoms with Crippen molar-refractivity contribution >= 4 is 17.8 Å². The summed E-state index contributed by atoms with van der Waals surface area (Å²) in [6, 6.07) is 10.4. The number of amides is 2. The van der Waals surface area contributed by atoms with Gasteiger partial charge in [-0.2, -0.15) is 0 Å². The Morgan fingerprint density at radius 1 is 1.21 bits per heavy atom. The predicted molar refractivity (Wildman–Crippen MR) is 103 cm³/mol. The van der Waals surface area contributed by atoms with Crippen LogP contribution in [0, 0.1) is 6.92 Å². The van der Waals surface area contributed by atoms with Gasteiger partial charge in [0.05, 0.1) is 7.11 Å². The summed E-state index contributed by atoms with van der Waals surface area (Å²) >= 11 is 0. The number of ether oxygens (including phenoxy) is 1. The number of aryl methyl sites for hydroxylation is 3. The topological polar surface area (TPSA) is 106 Å². The van der Waals surface area contributed by atoms with Crippen LogP contribution in [0.15, 0.2) is 45.6 Å². The number of carbonyl (C=O) groups excluding carboxylic acids is 3. The first-order valence-electron chi connectivity index (χ1n) is 9.23. The summed E-state index contributed by atoms with van der Waals surface area (Å²) in [6.07, 6.45) is 1.19. The number of nitrogens with one attached hydrogen (secondary N) is 1. The van der Waals surface area contributed by atoms with Crippen molar-refractivity contribution in [3.8, 4) is 0 Å². The normalized spacial score (nSPS) is 16.3. The molecule has 2 amide bonds. The van der Waals surface area contributed by atoms with Gasteiger partial charge in [-0.3, -0.25) is 9.59 Å². The molecule has 152 valence electrons. The average molecular weight is 398 g/mol. The molecule has 1 atom stereocenters. The molecule has 1 aliphatic heterocycles. The van der Waals surface area contributed by atoms with E-state index in [4.69, 9.17) is 9.15 Å². The standard InChI is InChI=1S/C21H22N2O6/c1-13-10-15(9-8-14-6-4-3-5-7-14)29-21(27)18(13)19(25)23-12-17(24)22-11-16(23)20(26)28-2/h3-7,10,16H,8-9,11-12H2,1-2H3,(H,22,24). The third-order valence-corrected chi connectivity index (χ3v) is 4.83. The van der Waals surface area contributed by atoms with Crippen molar-refractivity contribution in [2.75, 3.05) is 20.2 Å². The molecule has 8 nitrogen and oxygen atoms in total. The molecule has 1 aliphatic rings. The highest BCUT2D eigenvalue weighted by molar-refractivity contribution is 6.00. The van der Waals surface area contributed by atoms with Crippen LogP contribution in [0.5, 0.6) is 0 Å². The monoisotopic (exact) mass is 398 g/mol. The number of hydrogen-bond donors (Lipinski definition) is 1. The Balaban J connectivity index is 1.83. The molecule has 1 saturated heterocycles. The van der Waals surface area contributed by atoms with Gasteiger partial charge >= 0.3 is 11.6 Å². The minimum atomic E-state index is -0.998. The molecule has 1 aromatic heterocycles. The molecule has 2 heterocycles. The molecular formula is C21H22N2O6. The second-order valence-corrected chi connectivity index (χ2v) is 6.82. The maximum Gasteiger partial charge on any atom is 0.349 e. The van der Waals surface area contributed by atoms with Crippen LogP contribution in [0.2, 0.25) is 0 Å². The van der Waals surface area contributed by atoms with Crippen molar-refractivity contribution in [1.82, 2.24) is 10.2 Å². The summed E-state index contributed by atoms with van der Waals surface area (Å²) in [6.45, 7) is 1.22. The summed E-state index contributed by atoms with van der Waals surface area (Å²) in [5.41, 5.74) is 0.571. The Morgan fingerprint density at radius 3 is 2.59 bits per heavy atom. The zero-order chi connectivity index (χ0) is 21.0. The molecule has 1 unspecified atom stereocenters. The fourth-order valence-corrected chi connectivity index (χ4v) is 3.31. The van der Waals surface area contributed by atoms with Crippen LogP contribution in [-0.4, -0.2) is 48.9 Å². The number of methoxy groups -OCH3 is 1. The van der Waals surface area contributed by atoms with Crippen molar-refractivity contribution in [2.24, 2.45) is 0 Å². The minimum absolute atomic E-state index is 0.0726. The number of rotatable bonds is 5. The van der Waals surface area contributed by atoms with Gasteiger partial charge < -0.3 is 19.4 Å². The van der Waals surface area contributed by atoms with Crippen LogP contribution in [0.1, 0.15) is 27.2 Å². The van der Waals surface area contributed by atoms with Gasteiger partial charge in [0, 0.05) is 13.0 Å². The van der Waals surface area contributed by atoms with E-state index in [1.165, 1.54) is 7.11 Å². The lowest BCUT2D eigenvalue weighted by molar-refractivity contribution is -0.147. The van der Waals surface area contributed by atoms with Crippen LogP contribution < -0.4 is 10.9 Å². The van der Waals surface area contributed by atoms with Crippen molar-refractivity contribution in [1.29, 1.82) is 0 Å². The number of esters is 1. The third-order valence-electron chi connectivity index (χ3n) is 4.83. The van der Waals surface area contributed by atoms with E-state index in [1.807, 2.05) is 30.3 Å². The lowest BCUT2D eigenvalue weighted by Gasteiger charge is -2.33. The van der Waals surface area contributed by atoms with E-state index in [-0.39, 0.29) is 18.7 Å². The molecule has 1 N–H and O–H groups in total. The van der Waals surface area contributed by atoms with Gasteiger partial charge in [-0.25, -0.2) is 9.59 Å². The van der Waals surface area contributed by atoms with E-state index < -0.39 is 29.5 Å². The van der Waals surface area contributed by atoms with Gasteiger partial charge in [-0.15, -0.1) is 0 Å². The SMILES string of the molecule is COC(=O)C1CNC(=O)CN1C(=O)c1c(C)cc(CCc2ccccc2)oc1=O. The third kappa shape index (κ3) is 4.53. The molecule has 0 bridgehead atoms. The molecule has 3 rings (SSSR count). The van der Waals surface area contributed by atoms with Gasteiger partial charge in [-0.1, -0.05) is 30.3 Å². The highest BCUT2D eigenvalue weighted by atomic mass is 16.5. The van der Waals surface area contributed by atoms with Gasteiger partial charge in [0.25, 0.3) is 5.91 Å². The van der Waals surface area contributed by atoms with Crippen LogP contribution in [0.25, 0.3) is 0 Å². The molecule has 0 radical (unpaired) electrons. The molecule has 8 heteroatoms. The zero-order valence-corrected chi connectivity index (χ0v) is 16.3. The molecule has 0 saturated carbocycles. The lowest BCUT2D eigenvalue weighted by Crippen LogP contribution is -2.60. The summed E-state index contributed by atoms with van der Waals surface area (Å²) in [7, 11) is 1.20. The van der Waals surface area contributed by atoms with Gasteiger partial charge in [0.2, 0.25) is 5.91 Å². The van der Waals surface area contributed by atoms with Crippen molar-refractivity contribution in [2.45, 2.75) is 25.8 Å². The van der Waals surface area contributed by atoms with Gasteiger partial charge in [-0.05, 0) is 30.5 Å². The summed E-state index contributed by atoms with van der Waals surface area (Å²) in [5, 5.41) is 2.52. The highest BCUT2D eigenvalue weighted by Crippen LogP contribution is 2.15. The van der Waals surface area contributed by atoms with Crippen molar-refractivity contribution < 1.29 is 23.5 Å². The fourth-order valence-electron chi connectivity index (χ4n) is 3.31. The number of nitrogens with zero attached hydrogens (tertiary/aromatic N) is 1. The average Bonchev–Trinajstić information content (AvgIpc) is 2.71. The molecule has 1 fully saturated rings. The van der Waals surface area contributed by atoms with E-state index >= 15 is 0 Å². The first kappa shape index (κ1) is 20.3. The van der Waals surface area contributed by atoms with Crippen molar-refractivity contribution in [3.05, 3.63) is 69.3 Å². The molecule has 1 aromatic carbocycles. The van der Waals surface area contributed by atoms with Gasteiger partial charge in [0.15, 0.2) is 0 Å². The van der Waals surface area contributed by atoms with Crippen LogP contribution in [0.3, 0.4) is 0 Å². The largest absolute Gasteiger partial charge is 0.467 e. The Bertz CT molecular complexity index is 982. The zero-order valence-electron chi connectivity index (χ0n) is 16.3. The van der Waals surface area contributed by atoms with E-state index in [0.717, 1.165) is 10.5 Å². The maximum absolute atomic E-state index is 13.0. The van der Waals surface area contributed by atoms with E-state index in [0.29, 0.717) is 24.2 Å². The lowest BCUT2D eigenvalue weighted by atomic mass is 10.0. The second-order valence-electron chi connectivity index (χ2n) is 6.82. The predicted octanol–water partition coefficient (Wildman–Crippen LogP) is 0.847. The molecule has 0 aliphatic carbocycles. The van der Waals surface area contributed by atoms with Crippen LogP contribution in [0.4, 0.5) is 0 Å². The number of piperazine rings is 1. The quantitative estimate of drug-likeness (QED) is 0.749. The molecule has 29 heavy (non-hydrogen) atoms. The minimum Gasteiger partial charge on any atom is -0.467 e. The summed E-state index contributed by atoms with van der Waals surface area (Å²) in [5.74, 6) is -1.34. The number of hydrogen-bond acceptors (Lipinski definition) is 6. The van der Waals surface area contributed by atoms with Crippen LogP contribution >= 0.6 is 0 Å². The number of carbonyl (C=O) groups is 3. The summed E-state index contributed by atoms with van der Waals surface area (Å²) < 4.78 is 10.1. The first-order chi connectivity index (χ1) is 13.9. The van der Waals surface area contributed by atoms with Crippen molar-refractivity contribution in [3.63, 3.8) is 0 Å². The first-order valence-corrected chi connectivity index (χ1v) is 9.23. The maximum atomic E-state index is 13.0. The Hall–Kier alpha value is -3.42. The molecule has 0 spiro atoms. The Morgan fingerprint density at radius 2 is 1.93 bits per heavy atom. The van der Waals surface area contributed by atoms with Gasteiger partial charge in [0.1, 0.15) is 23.9 Å². The van der Waals surface area contributed by atoms with Crippen LogP contribution in [-0.2, 0) is 27.2 Å². The van der Waals surface area contributed by atoms with E-state index in [1.54, 1.807) is 13.0 Å². The second kappa shape index (κ2) is 8.72. The Kier molecular flexibility index (Phi) is 6.11. The molecular weight excluding hydrogens is 376 g/mol. The van der Waals surface area contributed by atoms with E-state index in [2.05, 4.69) is 5.32 Å².